The van der Waals surface area contributed by atoms with E-state index in [2.05, 4.69) is 11.7 Å². The second kappa shape index (κ2) is 8.32. The molecule has 22 heavy (non-hydrogen) atoms. The Bertz CT molecular complexity index is 576. The molecule has 0 amide bonds. The molecule has 116 valence electrons. The molecule has 4 nitrogen and oxygen atoms in total. The lowest BCUT2D eigenvalue weighted by atomic mass is 10.1. The van der Waals surface area contributed by atoms with Crippen molar-refractivity contribution in [3.05, 3.63) is 65.2 Å². The lowest BCUT2D eigenvalue weighted by Gasteiger charge is -2.20. The van der Waals surface area contributed by atoms with Gasteiger partial charge in [-0.3, -0.25) is 0 Å². The number of aliphatic imine (C=N–C) groups is 1. The van der Waals surface area contributed by atoms with Crippen LogP contribution in [-0.4, -0.2) is 23.5 Å². The second-order valence-electron chi connectivity index (χ2n) is 5.05. The monoisotopic (exact) mass is 299 g/mol. The first-order chi connectivity index (χ1) is 10.8. The number of aliphatic hydroxyl groups is 2. The van der Waals surface area contributed by atoms with Gasteiger partial charge < -0.3 is 19.9 Å². The van der Waals surface area contributed by atoms with Gasteiger partial charge in [-0.25, -0.2) is 0 Å². The molecule has 0 saturated carbocycles. The average molecular weight is 299 g/mol. The van der Waals surface area contributed by atoms with Gasteiger partial charge in [-0.2, -0.15) is 0 Å². The van der Waals surface area contributed by atoms with Crippen LogP contribution in [0, 0.1) is 0 Å². The van der Waals surface area contributed by atoms with E-state index in [-0.39, 0.29) is 19.3 Å². The number of rotatable bonds is 8. The fourth-order valence-electron chi connectivity index (χ4n) is 2.31. The standard InChI is InChI=1S/C18H21NO3/c1-19-8-7-18(16-5-3-2-4-6-16)22-17-10-14(12-20)9-15(11-17)13-21/h2-6,9-11,18,20-21H,1,7-8,12-13H2. The lowest BCUT2D eigenvalue weighted by Crippen LogP contribution is -2.09. The Morgan fingerprint density at radius 3 is 2.18 bits per heavy atom. The van der Waals surface area contributed by atoms with E-state index in [0.29, 0.717) is 18.7 Å². The molecule has 0 aliphatic heterocycles. The van der Waals surface area contributed by atoms with Crippen LogP contribution in [0.2, 0.25) is 0 Å². The Morgan fingerprint density at radius 1 is 1.00 bits per heavy atom. The van der Waals surface area contributed by atoms with Gasteiger partial charge in [-0.05, 0) is 35.5 Å². The van der Waals surface area contributed by atoms with Gasteiger partial charge in [0.15, 0.2) is 0 Å². The molecule has 0 spiro atoms. The van der Waals surface area contributed by atoms with Gasteiger partial charge in [0.05, 0.1) is 13.2 Å². The molecular weight excluding hydrogens is 278 g/mol. The minimum absolute atomic E-state index is 0.0889. The SMILES string of the molecule is C=NCCC(Oc1cc(CO)cc(CO)c1)c1ccccc1. The molecule has 0 saturated heterocycles. The number of nitrogens with zero attached hydrogens (tertiary/aromatic N) is 1. The molecule has 1 atom stereocenters. The van der Waals surface area contributed by atoms with Gasteiger partial charge >= 0.3 is 0 Å². The summed E-state index contributed by atoms with van der Waals surface area (Å²) in [6.45, 7) is 3.94. The summed E-state index contributed by atoms with van der Waals surface area (Å²) in [5.41, 5.74) is 2.50. The smallest absolute Gasteiger partial charge is 0.125 e. The molecule has 0 aromatic heterocycles. The van der Waals surface area contributed by atoms with Crippen LogP contribution >= 0.6 is 0 Å². The molecule has 2 aromatic carbocycles. The van der Waals surface area contributed by atoms with Crippen molar-refractivity contribution >= 4 is 6.72 Å². The predicted molar refractivity (Wildman–Crippen MR) is 87.1 cm³/mol. The normalized spacial score (nSPS) is 11.9. The molecule has 0 heterocycles. The number of ether oxygens (including phenoxy) is 1. The maximum atomic E-state index is 9.31. The van der Waals surface area contributed by atoms with Crippen molar-refractivity contribution in [2.75, 3.05) is 6.54 Å². The van der Waals surface area contributed by atoms with E-state index in [9.17, 15) is 10.2 Å². The van der Waals surface area contributed by atoms with E-state index in [1.807, 2.05) is 30.3 Å². The first-order valence-electron chi connectivity index (χ1n) is 7.25. The second-order valence-corrected chi connectivity index (χ2v) is 5.05. The van der Waals surface area contributed by atoms with Crippen LogP contribution in [0.5, 0.6) is 5.75 Å². The van der Waals surface area contributed by atoms with Crippen LogP contribution in [0.4, 0.5) is 0 Å². The zero-order valence-electron chi connectivity index (χ0n) is 12.5. The fourth-order valence-corrected chi connectivity index (χ4v) is 2.31. The first kappa shape index (κ1) is 16.2. The highest BCUT2D eigenvalue weighted by molar-refractivity contribution is 5.35. The molecule has 1 unspecified atom stereocenters. The van der Waals surface area contributed by atoms with Crippen LogP contribution in [0.25, 0.3) is 0 Å². The Labute approximate surface area is 130 Å². The van der Waals surface area contributed by atoms with E-state index >= 15 is 0 Å². The average Bonchev–Trinajstić information content (AvgIpc) is 2.58. The summed E-state index contributed by atoms with van der Waals surface area (Å²) >= 11 is 0. The summed E-state index contributed by atoms with van der Waals surface area (Å²) in [6.07, 6.45) is 0.567. The minimum Gasteiger partial charge on any atom is -0.486 e. The van der Waals surface area contributed by atoms with Crippen molar-refractivity contribution in [3.63, 3.8) is 0 Å². The van der Waals surface area contributed by atoms with Crippen molar-refractivity contribution in [3.8, 4) is 5.75 Å². The number of hydrogen-bond acceptors (Lipinski definition) is 4. The van der Waals surface area contributed by atoms with Crippen molar-refractivity contribution in [1.82, 2.24) is 0 Å². The zero-order chi connectivity index (χ0) is 15.8. The Kier molecular flexibility index (Phi) is 6.13. The number of hydrogen-bond donors (Lipinski definition) is 2. The predicted octanol–water partition coefficient (Wildman–Crippen LogP) is 2.88. The molecule has 2 aromatic rings. The first-order valence-corrected chi connectivity index (χ1v) is 7.25. The molecule has 2 rings (SSSR count). The summed E-state index contributed by atoms with van der Waals surface area (Å²) in [5.74, 6) is 0.633. The van der Waals surface area contributed by atoms with Gasteiger partial charge in [0.1, 0.15) is 11.9 Å². The van der Waals surface area contributed by atoms with Gasteiger partial charge in [0, 0.05) is 13.0 Å². The number of aliphatic hydroxyl groups excluding tert-OH is 2. The minimum atomic E-state index is -0.146. The van der Waals surface area contributed by atoms with Gasteiger partial charge in [0.2, 0.25) is 0 Å². The fraction of sp³-hybridized carbons (Fsp3) is 0.278. The highest BCUT2D eigenvalue weighted by Gasteiger charge is 2.13. The van der Waals surface area contributed by atoms with Gasteiger partial charge in [-0.15, -0.1) is 0 Å². The van der Waals surface area contributed by atoms with E-state index in [1.54, 1.807) is 18.2 Å². The third kappa shape index (κ3) is 4.41. The Hall–Kier alpha value is -2.17. The van der Waals surface area contributed by atoms with Crippen LogP contribution < -0.4 is 4.74 Å². The molecule has 0 aliphatic rings. The summed E-state index contributed by atoms with van der Waals surface area (Å²) in [7, 11) is 0. The summed E-state index contributed by atoms with van der Waals surface area (Å²) in [4.78, 5) is 3.90. The van der Waals surface area contributed by atoms with E-state index < -0.39 is 0 Å². The van der Waals surface area contributed by atoms with Crippen molar-refractivity contribution < 1.29 is 14.9 Å². The molecule has 4 heteroatoms. The molecule has 0 radical (unpaired) electrons. The highest BCUT2D eigenvalue weighted by Crippen LogP contribution is 2.27. The third-order valence-electron chi connectivity index (χ3n) is 3.39. The van der Waals surface area contributed by atoms with Crippen molar-refractivity contribution in [1.29, 1.82) is 0 Å². The number of benzene rings is 2. The largest absolute Gasteiger partial charge is 0.486 e. The van der Waals surface area contributed by atoms with Gasteiger partial charge in [0.25, 0.3) is 0 Å². The summed E-state index contributed by atoms with van der Waals surface area (Å²) in [5, 5.41) is 18.6. The maximum absolute atomic E-state index is 9.31. The van der Waals surface area contributed by atoms with Crippen molar-refractivity contribution in [2.45, 2.75) is 25.7 Å². The maximum Gasteiger partial charge on any atom is 0.125 e. The Morgan fingerprint density at radius 2 is 1.64 bits per heavy atom. The van der Waals surface area contributed by atoms with Crippen LogP contribution in [-0.2, 0) is 13.2 Å². The van der Waals surface area contributed by atoms with E-state index in [1.165, 1.54) is 0 Å². The van der Waals surface area contributed by atoms with Crippen LogP contribution in [0.15, 0.2) is 53.5 Å². The highest BCUT2D eigenvalue weighted by atomic mass is 16.5. The van der Waals surface area contributed by atoms with E-state index in [4.69, 9.17) is 4.74 Å². The topological polar surface area (TPSA) is 62.0 Å². The Balaban J connectivity index is 2.24. The molecule has 0 bridgehead atoms. The lowest BCUT2D eigenvalue weighted by molar-refractivity contribution is 0.196. The van der Waals surface area contributed by atoms with Crippen molar-refractivity contribution in [2.24, 2.45) is 4.99 Å². The van der Waals surface area contributed by atoms with Gasteiger partial charge in [-0.1, -0.05) is 36.4 Å². The third-order valence-corrected chi connectivity index (χ3v) is 3.39. The van der Waals surface area contributed by atoms with Crippen LogP contribution in [0.3, 0.4) is 0 Å². The summed E-state index contributed by atoms with van der Waals surface area (Å²) < 4.78 is 6.08. The summed E-state index contributed by atoms with van der Waals surface area (Å²) in [6, 6.07) is 15.3. The van der Waals surface area contributed by atoms with Crippen LogP contribution in [0.1, 0.15) is 29.2 Å². The molecular formula is C18H21NO3. The quantitative estimate of drug-likeness (QED) is 0.737. The zero-order valence-corrected chi connectivity index (χ0v) is 12.5. The van der Waals surface area contributed by atoms with E-state index in [0.717, 1.165) is 16.7 Å². The molecule has 2 N–H and O–H groups in total. The molecule has 0 fully saturated rings. The molecule has 0 aliphatic carbocycles.